The number of hydrogen-bond donors (Lipinski definition) is 1. The lowest BCUT2D eigenvalue weighted by atomic mass is 10.1. The van der Waals surface area contributed by atoms with Crippen LogP contribution < -0.4 is 14.8 Å². The van der Waals surface area contributed by atoms with Crippen molar-refractivity contribution in [3.05, 3.63) is 23.8 Å². The Hall–Kier alpha value is -1.30. The van der Waals surface area contributed by atoms with E-state index in [9.17, 15) is 0 Å². The molecule has 188 valence electrons. The molecule has 0 aliphatic carbocycles. The summed E-state index contributed by atoms with van der Waals surface area (Å²) in [5, 5.41) is 3.51. The quantitative estimate of drug-likeness (QED) is 0.290. The third-order valence-corrected chi connectivity index (χ3v) is 6.55. The Morgan fingerprint density at radius 3 is 2.33 bits per heavy atom. The van der Waals surface area contributed by atoms with E-state index in [1.807, 2.05) is 12.1 Å². The van der Waals surface area contributed by atoms with Crippen molar-refractivity contribution in [2.45, 2.75) is 26.4 Å². The number of piperazine rings is 2. The van der Waals surface area contributed by atoms with Crippen LogP contribution in [0.25, 0.3) is 0 Å². The first-order chi connectivity index (χ1) is 15.5. The minimum atomic E-state index is 0. The number of hydrogen-bond acceptors (Lipinski definition) is 6. The monoisotopic (exact) mass is 574 g/mol. The van der Waals surface area contributed by atoms with Crippen molar-refractivity contribution in [2.75, 3.05) is 86.7 Å². The molecule has 2 saturated heterocycles. The van der Waals surface area contributed by atoms with Gasteiger partial charge in [0.15, 0.2) is 5.96 Å². The molecule has 8 nitrogen and oxygen atoms in total. The zero-order chi connectivity index (χ0) is 22.9. The lowest BCUT2D eigenvalue weighted by Crippen LogP contribution is -2.53. The van der Waals surface area contributed by atoms with Gasteiger partial charge in [-0.1, -0.05) is 0 Å². The van der Waals surface area contributed by atoms with Crippen LogP contribution in [0.2, 0.25) is 0 Å². The van der Waals surface area contributed by atoms with Gasteiger partial charge in [-0.15, -0.1) is 24.0 Å². The van der Waals surface area contributed by atoms with Crippen LogP contribution in [-0.4, -0.2) is 118 Å². The second-order valence-electron chi connectivity index (χ2n) is 8.82. The summed E-state index contributed by atoms with van der Waals surface area (Å²) in [6.07, 6.45) is 0. The summed E-state index contributed by atoms with van der Waals surface area (Å²) in [6.45, 7) is 15.6. The van der Waals surface area contributed by atoms with Crippen molar-refractivity contribution < 1.29 is 9.47 Å². The molecule has 3 rings (SSSR count). The van der Waals surface area contributed by atoms with Gasteiger partial charge in [-0.2, -0.15) is 0 Å². The van der Waals surface area contributed by atoms with Crippen molar-refractivity contribution in [3.8, 4) is 11.5 Å². The molecule has 2 aliphatic heterocycles. The number of likely N-dealkylation sites (N-methyl/N-ethyl adjacent to an activating group) is 1. The van der Waals surface area contributed by atoms with Gasteiger partial charge < -0.3 is 24.6 Å². The Labute approximate surface area is 217 Å². The molecule has 1 aromatic rings. The Balaban J connectivity index is 0.00000385. The third kappa shape index (κ3) is 8.15. The van der Waals surface area contributed by atoms with Gasteiger partial charge in [0.1, 0.15) is 11.5 Å². The standard InChI is InChI=1S/C24H42N6O2.HI/c1-6-25-24(26-18-20(2)29-13-9-27(3)10-14-29)30-15-11-28(12-16-30)19-21-17-22(31-4)7-8-23(21)32-5;/h7-8,17,20H,6,9-16,18-19H2,1-5H3,(H,25,26);1H. The average Bonchev–Trinajstić information content (AvgIpc) is 2.82. The number of rotatable bonds is 8. The maximum atomic E-state index is 5.56. The minimum absolute atomic E-state index is 0. The van der Waals surface area contributed by atoms with Gasteiger partial charge in [-0.3, -0.25) is 14.8 Å². The van der Waals surface area contributed by atoms with Crippen LogP contribution in [-0.2, 0) is 6.54 Å². The van der Waals surface area contributed by atoms with Gasteiger partial charge in [0.2, 0.25) is 0 Å². The Bertz CT molecular complexity index is 734. The number of ether oxygens (including phenoxy) is 2. The van der Waals surface area contributed by atoms with E-state index in [-0.39, 0.29) is 24.0 Å². The molecule has 33 heavy (non-hydrogen) atoms. The first kappa shape index (κ1) is 27.9. The number of aliphatic imine (C=N–C) groups is 1. The topological polar surface area (TPSA) is 55.8 Å². The molecule has 0 aromatic heterocycles. The molecule has 1 unspecified atom stereocenters. The van der Waals surface area contributed by atoms with Gasteiger partial charge in [0.05, 0.1) is 20.8 Å². The van der Waals surface area contributed by atoms with Crippen LogP contribution in [0.1, 0.15) is 19.4 Å². The lowest BCUT2D eigenvalue weighted by molar-refractivity contribution is 0.121. The van der Waals surface area contributed by atoms with E-state index in [4.69, 9.17) is 14.5 Å². The fourth-order valence-corrected chi connectivity index (χ4v) is 4.39. The van der Waals surface area contributed by atoms with Crippen molar-refractivity contribution in [1.29, 1.82) is 0 Å². The number of benzene rings is 1. The highest BCUT2D eigenvalue weighted by atomic mass is 127. The fourth-order valence-electron chi connectivity index (χ4n) is 4.39. The second kappa shape index (κ2) is 14.2. The van der Waals surface area contributed by atoms with Gasteiger partial charge >= 0.3 is 0 Å². The molecule has 2 aliphatic rings. The summed E-state index contributed by atoms with van der Waals surface area (Å²) < 4.78 is 11.0. The Kier molecular flexibility index (Phi) is 12.0. The van der Waals surface area contributed by atoms with Crippen LogP contribution in [0.5, 0.6) is 11.5 Å². The first-order valence-electron chi connectivity index (χ1n) is 11.9. The smallest absolute Gasteiger partial charge is 0.194 e. The maximum absolute atomic E-state index is 5.56. The third-order valence-electron chi connectivity index (χ3n) is 6.55. The number of methoxy groups -OCH3 is 2. The molecule has 0 amide bonds. The molecule has 2 heterocycles. The molecule has 1 aromatic carbocycles. The summed E-state index contributed by atoms with van der Waals surface area (Å²) in [5.74, 6) is 2.84. The SMILES string of the molecule is CCNC(=NCC(C)N1CCN(C)CC1)N1CCN(Cc2cc(OC)ccc2OC)CC1.I. The maximum Gasteiger partial charge on any atom is 0.194 e. The van der Waals surface area contributed by atoms with E-state index >= 15 is 0 Å². The lowest BCUT2D eigenvalue weighted by Gasteiger charge is -2.38. The van der Waals surface area contributed by atoms with E-state index in [0.717, 1.165) is 89.5 Å². The summed E-state index contributed by atoms with van der Waals surface area (Å²) in [6, 6.07) is 6.49. The molecule has 0 radical (unpaired) electrons. The largest absolute Gasteiger partial charge is 0.497 e. The normalized spacial score (nSPS) is 19.7. The minimum Gasteiger partial charge on any atom is -0.497 e. The van der Waals surface area contributed by atoms with Crippen molar-refractivity contribution in [1.82, 2.24) is 24.9 Å². The highest BCUT2D eigenvalue weighted by Gasteiger charge is 2.22. The van der Waals surface area contributed by atoms with Crippen molar-refractivity contribution in [3.63, 3.8) is 0 Å². The van der Waals surface area contributed by atoms with Gasteiger partial charge in [-0.05, 0) is 39.1 Å². The van der Waals surface area contributed by atoms with Crippen LogP contribution in [0.15, 0.2) is 23.2 Å². The van der Waals surface area contributed by atoms with E-state index in [1.165, 1.54) is 5.56 Å². The van der Waals surface area contributed by atoms with Crippen LogP contribution >= 0.6 is 24.0 Å². The van der Waals surface area contributed by atoms with E-state index in [1.54, 1.807) is 14.2 Å². The van der Waals surface area contributed by atoms with Crippen LogP contribution in [0, 0.1) is 0 Å². The molecule has 1 atom stereocenters. The van der Waals surface area contributed by atoms with Crippen LogP contribution in [0.4, 0.5) is 0 Å². The van der Waals surface area contributed by atoms with Gasteiger partial charge in [-0.25, -0.2) is 0 Å². The molecule has 9 heteroatoms. The molecule has 1 N–H and O–H groups in total. The number of nitrogens with one attached hydrogen (secondary N) is 1. The summed E-state index contributed by atoms with van der Waals surface area (Å²) >= 11 is 0. The Morgan fingerprint density at radius 2 is 1.73 bits per heavy atom. The second-order valence-corrected chi connectivity index (χ2v) is 8.82. The molecule has 0 saturated carbocycles. The zero-order valence-corrected chi connectivity index (χ0v) is 23.4. The van der Waals surface area contributed by atoms with Gasteiger partial charge in [0, 0.05) is 77.1 Å². The summed E-state index contributed by atoms with van der Waals surface area (Å²) in [5.41, 5.74) is 1.17. The Morgan fingerprint density at radius 1 is 1.03 bits per heavy atom. The fraction of sp³-hybridized carbons (Fsp3) is 0.708. The summed E-state index contributed by atoms with van der Waals surface area (Å²) in [4.78, 5) is 14.9. The highest BCUT2D eigenvalue weighted by Crippen LogP contribution is 2.25. The molecular formula is C24H43IN6O2. The molecular weight excluding hydrogens is 531 g/mol. The van der Waals surface area contributed by atoms with E-state index in [2.05, 4.69) is 51.9 Å². The summed E-state index contributed by atoms with van der Waals surface area (Å²) in [7, 11) is 5.63. The zero-order valence-electron chi connectivity index (χ0n) is 21.0. The highest BCUT2D eigenvalue weighted by molar-refractivity contribution is 14.0. The van der Waals surface area contributed by atoms with Crippen LogP contribution in [0.3, 0.4) is 0 Å². The number of nitrogens with zero attached hydrogens (tertiary/aromatic N) is 5. The van der Waals surface area contributed by atoms with Crippen molar-refractivity contribution >= 4 is 29.9 Å². The number of halogens is 1. The van der Waals surface area contributed by atoms with Crippen molar-refractivity contribution in [2.24, 2.45) is 4.99 Å². The molecule has 0 spiro atoms. The first-order valence-corrected chi connectivity index (χ1v) is 11.9. The van der Waals surface area contributed by atoms with Gasteiger partial charge in [0.25, 0.3) is 0 Å². The molecule has 0 bridgehead atoms. The van der Waals surface area contributed by atoms with E-state index in [0.29, 0.717) is 6.04 Å². The predicted molar refractivity (Wildman–Crippen MR) is 146 cm³/mol. The van der Waals surface area contributed by atoms with E-state index < -0.39 is 0 Å². The molecule has 2 fully saturated rings. The predicted octanol–water partition coefficient (Wildman–Crippen LogP) is 2.04. The average molecular weight is 575 g/mol. The number of guanidine groups is 1.